The van der Waals surface area contributed by atoms with E-state index in [9.17, 15) is 4.79 Å². The Kier molecular flexibility index (Phi) is 4.18. The smallest absolute Gasteiger partial charge is 0.225 e. The lowest BCUT2D eigenvalue weighted by atomic mass is 9.85. The van der Waals surface area contributed by atoms with Crippen molar-refractivity contribution in [3.63, 3.8) is 0 Å². The molecule has 0 aromatic heterocycles. The maximum Gasteiger partial charge on any atom is 0.225 e. The molecule has 0 aromatic carbocycles. The van der Waals surface area contributed by atoms with Gasteiger partial charge in [0.1, 0.15) is 0 Å². The first kappa shape index (κ1) is 12.5. The van der Waals surface area contributed by atoms with Gasteiger partial charge in [-0.25, -0.2) is 0 Å². The molecule has 1 fully saturated rings. The number of hydrogen-bond acceptors (Lipinski definition) is 1. The van der Waals surface area contributed by atoms with Crippen molar-refractivity contribution in [3.8, 4) is 0 Å². The maximum absolute atomic E-state index is 12.0. The third-order valence-corrected chi connectivity index (χ3v) is 3.77. The minimum Gasteiger partial charge on any atom is -0.353 e. The van der Waals surface area contributed by atoms with Gasteiger partial charge in [0, 0.05) is 11.5 Å². The zero-order valence-electron chi connectivity index (χ0n) is 10.6. The van der Waals surface area contributed by atoms with Gasteiger partial charge >= 0.3 is 0 Å². The van der Waals surface area contributed by atoms with Gasteiger partial charge in [-0.05, 0) is 25.2 Å². The van der Waals surface area contributed by atoms with E-state index in [1.165, 1.54) is 12.8 Å². The van der Waals surface area contributed by atoms with E-state index in [1.54, 1.807) is 0 Å². The molecule has 2 atom stereocenters. The van der Waals surface area contributed by atoms with Gasteiger partial charge in [-0.2, -0.15) is 0 Å². The van der Waals surface area contributed by atoms with Crippen LogP contribution in [0.2, 0.25) is 0 Å². The molecule has 0 spiro atoms. The summed E-state index contributed by atoms with van der Waals surface area (Å²) < 4.78 is 0. The normalized spacial score (nSPS) is 27.5. The molecule has 2 unspecified atom stereocenters. The molecule has 1 aliphatic carbocycles. The van der Waals surface area contributed by atoms with E-state index in [-0.39, 0.29) is 11.3 Å². The van der Waals surface area contributed by atoms with Crippen LogP contribution in [0.25, 0.3) is 0 Å². The molecule has 2 nitrogen and oxygen atoms in total. The van der Waals surface area contributed by atoms with Crippen molar-refractivity contribution in [1.82, 2.24) is 5.32 Å². The Morgan fingerprint density at radius 3 is 2.60 bits per heavy atom. The Balaban J connectivity index is 2.44. The van der Waals surface area contributed by atoms with E-state index in [4.69, 9.17) is 0 Å². The number of amides is 1. The van der Waals surface area contributed by atoms with Crippen molar-refractivity contribution in [1.29, 1.82) is 0 Å². The lowest BCUT2D eigenvalue weighted by molar-refractivity contribution is -0.130. The molecule has 2 heteroatoms. The highest BCUT2D eigenvalue weighted by atomic mass is 16.2. The Hall–Kier alpha value is -0.530. The first-order valence-electron chi connectivity index (χ1n) is 6.26. The SMILES string of the molecule is CCC(C)(C)C(=O)NC1CCCC(C)C1. The fourth-order valence-corrected chi connectivity index (χ4v) is 2.11. The predicted octanol–water partition coefficient (Wildman–Crippen LogP) is 3.12. The summed E-state index contributed by atoms with van der Waals surface area (Å²) in [4.78, 5) is 12.0. The summed E-state index contributed by atoms with van der Waals surface area (Å²) in [5.74, 6) is 0.998. The molecule has 0 heterocycles. The third-order valence-electron chi connectivity index (χ3n) is 3.77. The summed E-state index contributed by atoms with van der Waals surface area (Å²) >= 11 is 0. The largest absolute Gasteiger partial charge is 0.353 e. The van der Waals surface area contributed by atoms with Gasteiger partial charge in [-0.1, -0.05) is 40.5 Å². The highest BCUT2D eigenvalue weighted by Gasteiger charge is 2.28. The van der Waals surface area contributed by atoms with Crippen LogP contribution in [0.5, 0.6) is 0 Å². The molecular weight excluding hydrogens is 186 g/mol. The summed E-state index contributed by atoms with van der Waals surface area (Å²) in [6.07, 6.45) is 5.81. The van der Waals surface area contributed by atoms with Gasteiger partial charge in [0.05, 0.1) is 0 Å². The Bertz CT molecular complexity index is 223. The van der Waals surface area contributed by atoms with Gasteiger partial charge in [0.25, 0.3) is 0 Å². The quantitative estimate of drug-likeness (QED) is 0.763. The Labute approximate surface area is 93.8 Å². The summed E-state index contributed by atoms with van der Waals surface area (Å²) in [5.41, 5.74) is -0.208. The molecule has 0 saturated heterocycles. The van der Waals surface area contributed by atoms with E-state index in [2.05, 4.69) is 19.2 Å². The number of carbonyl (C=O) groups is 1. The van der Waals surface area contributed by atoms with Gasteiger partial charge in [-0.15, -0.1) is 0 Å². The van der Waals surface area contributed by atoms with Crippen LogP contribution in [0.1, 0.15) is 59.8 Å². The van der Waals surface area contributed by atoms with Crippen LogP contribution in [0, 0.1) is 11.3 Å². The fourth-order valence-electron chi connectivity index (χ4n) is 2.11. The van der Waals surface area contributed by atoms with Crippen LogP contribution in [0.3, 0.4) is 0 Å². The third kappa shape index (κ3) is 3.51. The first-order valence-corrected chi connectivity index (χ1v) is 6.26. The van der Waals surface area contributed by atoms with E-state index in [0.717, 1.165) is 25.2 Å². The van der Waals surface area contributed by atoms with Gasteiger partial charge < -0.3 is 5.32 Å². The highest BCUT2D eigenvalue weighted by molar-refractivity contribution is 5.81. The Morgan fingerprint density at radius 1 is 1.40 bits per heavy atom. The van der Waals surface area contributed by atoms with Crippen LogP contribution in [-0.4, -0.2) is 11.9 Å². The standard InChI is InChI=1S/C13H25NO/c1-5-13(3,4)12(15)14-11-8-6-7-10(2)9-11/h10-11H,5-9H2,1-4H3,(H,14,15). The van der Waals surface area contributed by atoms with E-state index >= 15 is 0 Å². The first-order chi connectivity index (χ1) is 6.95. The minimum absolute atomic E-state index is 0.208. The lowest BCUT2D eigenvalue weighted by Gasteiger charge is -2.31. The van der Waals surface area contributed by atoms with Crippen molar-refractivity contribution in [2.24, 2.45) is 11.3 Å². The monoisotopic (exact) mass is 211 g/mol. The van der Waals surface area contributed by atoms with Crippen LogP contribution in [0.15, 0.2) is 0 Å². The number of rotatable bonds is 3. The van der Waals surface area contributed by atoms with E-state index in [0.29, 0.717) is 6.04 Å². The molecule has 0 aromatic rings. The molecule has 1 amide bonds. The van der Waals surface area contributed by atoms with Crippen LogP contribution in [-0.2, 0) is 4.79 Å². The topological polar surface area (TPSA) is 29.1 Å². The van der Waals surface area contributed by atoms with Gasteiger partial charge in [-0.3, -0.25) is 4.79 Å². The Morgan fingerprint density at radius 2 is 2.07 bits per heavy atom. The van der Waals surface area contributed by atoms with Crippen molar-refractivity contribution >= 4 is 5.91 Å². The summed E-state index contributed by atoms with van der Waals surface area (Å²) in [6.45, 7) is 8.40. The van der Waals surface area contributed by atoms with Gasteiger partial charge in [0.15, 0.2) is 0 Å². The number of hydrogen-bond donors (Lipinski definition) is 1. The fraction of sp³-hybridized carbons (Fsp3) is 0.923. The predicted molar refractivity (Wildman–Crippen MR) is 63.6 cm³/mol. The zero-order valence-corrected chi connectivity index (χ0v) is 10.6. The molecule has 1 N–H and O–H groups in total. The van der Waals surface area contributed by atoms with E-state index < -0.39 is 0 Å². The second kappa shape index (κ2) is 5.00. The van der Waals surface area contributed by atoms with E-state index in [1.807, 2.05) is 13.8 Å². The summed E-state index contributed by atoms with van der Waals surface area (Å²) in [6, 6.07) is 0.423. The maximum atomic E-state index is 12.0. The summed E-state index contributed by atoms with van der Waals surface area (Å²) in [7, 11) is 0. The lowest BCUT2D eigenvalue weighted by Crippen LogP contribution is -2.44. The van der Waals surface area contributed by atoms with Crippen molar-refractivity contribution in [2.75, 3.05) is 0 Å². The van der Waals surface area contributed by atoms with Gasteiger partial charge in [0.2, 0.25) is 5.91 Å². The van der Waals surface area contributed by atoms with Crippen LogP contribution < -0.4 is 5.32 Å². The minimum atomic E-state index is -0.208. The molecule has 0 aliphatic heterocycles. The molecule has 88 valence electrons. The van der Waals surface area contributed by atoms with Crippen LogP contribution in [0.4, 0.5) is 0 Å². The molecule has 15 heavy (non-hydrogen) atoms. The van der Waals surface area contributed by atoms with Crippen LogP contribution >= 0.6 is 0 Å². The molecule has 0 bridgehead atoms. The average molecular weight is 211 g/mol. The number of nitrogens with one attached hydrogen (secondary N) is 1. The molecular formula is C13H25NO. The zero-order chi connectivity index (χ0) is 11.5. The molecule has 1 rings (SSSR count). The van der Waals surface area contributed by atoms with Crippen molar-refractivity contribution in [2.45, 2.75) is 65.8 Å². The second-order valence-corrected chi connectivity index (χ2v) is 5.68. The molecule has 1 saturated carbocycles. The van der Waals surface area contributed by atoms with Crippen molar-refractivity contribution in [3.05, 3.63) is 0 Å². The molecule has 0 radical (unpaired) electrons. The van der Waals surface area contributed by atoms with Crippen molar-refractivity contribution < 1.29 is 4.79 Å². The average Bonchev–Trinajstić information content (AvgIpc) is 2.17. The number of carbonyl (C=O) groups excluding carboxylic acids is 1. The summed E-state index contributed by atoms with van der Waals surface area (Å²) in [5, 5.41) is 3.20. The highest BCUT2D eigenvalue weighted by Crippen LogP contribution is 2.25. The molecule has 1 aliphatic rings. The second-order valence-electron chi connectivity index (χ2n) is 5.68.